The second-order valence-corrected chi connectivity index (χ2v) is 4.87. The highest BCUT2D eigenvalue weighted by Gasteiger charge is 2.37. The molecule has 0 aromatic heterocycles. The molecule has 0 atom stereocenters. The van der Waals surface area contributed by atoms with Gasteiger partial charge in [0.25, 0.3) is 0 Å². The lowest BCUT2D eigenvalue weighted by Gasteiger charge is -2.39. The Bertz CT molecular complexity index is 315. The van der Waals surface area contributed by atoms with Crippen LogP contribution in [0.5, 0.6) is 0 Å². The van der Waals surface area contributed by atoms with E-state index in [0.29, 0.717) is 13.1 Å². The molecule has 0 radical (unpaired) electrons. The van der Waals surface area contributed by atoms with E-state index in [1.54, 1.807) is 4.90 Å². The molecule has 2 aliphatic heterocycles. The zero-order chi connectivity index (χ0) is 12.4. The van der Waals surface area contributed by atoms with Gasteiger partial charge in [-0.2, -0.15) is 0 Å². The van der Waals surface area contributed by atoms with E-state index in [1.165, 1.54) is 0 Å². The van der Waals surface area contributed by atoms with Gasteiger partial charge in [0, 0.05) is 32.7 Å². The van der Waals surface area contributed by atoms with Crippen LogP contribution in [0.2, 0.25) is 0 Å². The number of carbonyl (C=O) groups is 2. The Balaban J connectivity index is 1.82. The molecule has 6 nitrogen and oxygen atoms in total. The SMILES string of the molecule is CN1CCCN(C(=O)N2CC(C(=O)O)C2)CC1. The summed E-state index contributed by atoms with van der Waals surface area (Å²) in [4.78, 5) is 28.4. The van der Waals surface area contributed by atoms with Crippen molar-refractivity contribution in [2.75, 3.05) is 46.3 Å². The van der Waals surface area contributed by atoms with E-state index in [4.69, 9.17) is 5.11 Å². The van der Waals surface area contributed by atoms with E-state index in [1.807, 2.05) is 4.90 Å². The van der Waals surface area contributed by atoms with E-state index in [2.05, 4.69) is 11.9 Å². The van der Waals surface area contributed by atoms with Crippen molar-refractivity contribution in [2.45, 2.75) is 6.42 Å². The maximum atomic E-state index is 12.0. The number of hydrogen-bond acceptors (Lipinski definition) is 3. The first kappa shape index (κ1) is 12.2. The van der Waals surface area contributed by atoms with E-state index in [0.717, 1.165) is 32.6 Å². The quantitative estimate of drug-likeness (QED) is 0.688. The first-order valence-electron chi connectivity index (χ1n) is 6.03. The Morgan fingerprint density at radius 2 is 1.76 bits per heavy atom. The van der Waals surface area contributed by atoms with Crippen molar-refractivity contribution in [2.24, 2.45) is 5.92 Å². The van der Waals surface area contributed by atoms with Crippen molar-refractivity contribution in [1.29, 1.82) is 0 Å². The Hall–Kier alpha value is -1.30. The number of urea groups is 1. The molecule has 0 aliphatic carbocycles. The van der Waals surface area contributed by atoms with Gasteiger partial charge in [0.2, 0.25) is 0 Å². The summed E-state index contributed by atoms with van der Waals surface area (Å²) in [6.07, 6.45) is 0.985. The number of amides is 2. The minimum absolute atomic E-state index is 0.00204. The van der Waals surface area contributed by atoms with Crippen molar-refractivity contribution >= 4 is 12.0 Å². The Labute approximate surface area is 101 Å². The highest BCUT2D eigenvalue weighted by molar-refractivity contribution is 5.79. The summed E-state index contributed by atoms with van der Waals surface area (Å²) < 4.78 is 0. The zero-order valence-electron chi connectivity index (χ0n) is 10.1. The summed E-state index contributed by atoms with van der Waals surface area (Å²) in [5.74, 6) is -1.17. The molecular formula is C11H19N3O3. The molecule has 2 amide bonds. The highest BCUT2D eigenvalue weighted by atomic mass is 16.4. The number of carboxylic acids is 1. The van der Waals surface area contributed by atoms with Crippen LogP contribution in [0.3, 0.4) is 0 Å². The number of carboxylic acid groups (broad SMARTS) is 1. The number of carbonyl (C=O) groups excluding carboxylic acids is 1. The lowest BCUT2D eigenvalue weighted by molar-refractivity contribution is -0.146. The van der Waals surface area contributed by atoms with Gasteiger partial charge in [0.05, 0.1) is 5.92 Å². The van der Waals surface area contributed by atoms with Gasteiger partial charge in [0.15, 0.2) is 0 Å². The lowest BCUT2D eigenvalue weighted by Crippen LogP contribution is -2.57. The van der Waals surface area contributed by atoms with E-state index in [-0.39, 0.29) is 11.9 Å². The van der Waals surface area contributed by atoms with Gasteiger partial charge in [-0.05, 0) is 20.0 Å². The third-order valence-electron chi connectivity index (χ3n) is 3.49. The summed E-state index contributed by atoms with van der Waals surface area (Å²) in [5.41, 5.74) is 0. The molecule has 2 fully saturated rings. The van der Waals surface area contributed by atoms with E-state index >= 15 is 0 Å². The molecular weight excluding hydrogens is 222 g/mol. The Kier molecular flexibility index (Phi) is 3.51. The third kappa shape index (κ3) is 2.69. The average Bonchev–Trinajstić information content (AvgIpc) is 2.39. The van der Waals surface area contributed by atoms with Gasteiger partial charge < -0.3 is 19.8 Å². The molecule has 2 rings (SSSR count). The van der Waals surface area contributed by atoms with Crippen LogP contribution in [0.1, 0.15) is 6.42 Å². The van der Waals surface area contributed by atoms with Crippen LogP contribution in [0.4, 0.5) is 4.79 Å². The Morgan fingerprint density at radius 3 is 2.41 bits per heavy atom. The van der Waals surface area contributed by atoms with Crippen molar-refractivity contribution in [3.63, 3.8) is 0 Å². The normalized spacial score (nSPS) is 23.1. The largest absolute Gasteiger partial charge is 0.481 e. The fourth-order valence-electron chi connectivity index (χ4n) is 2.23. The Morgan fingerprint density at radius 1 is 1.06 bits per heavy atom. The maximum Gasteiger partial charge on any atom is 0.320 e. The van der Waals surface area contributed by atoms with E-state index in [9.17, 15) is 9.59 Å². The molecule has 2 saturated heterocycles. The molecule has 0 aromatic carbocycles. The summed E-state index contributed by atoms with van der Waals surface area (Å²) in [7, 11) is 2.05. The molecule has 17 heavy (non-hydrogen) atoms. The van der Waals surface area contributed by atoms with E-state index < -0.39 is 5.97 Å². The smallest absolute Gasteiger partial charge is 0.320 e. The van der Waals surface area contributed by atoms with Crippen molar-refractivity contribution < 1.29 is 14.7 Å². The van der Waals surface area contributed by atoms with Crippen LogP contribution in [-0.4, -0.2) is 78.1 Å². The summed E-state index contributed by atoms with van der Waals surface area (Å²) in [6.45, 7) is 4.14. The van der Waals surface area contributed by atoms with Gasteiger partial charge in [0.1, 0.15) is 0 Å². The topological polar surface area (TPSA) is 64.1 Å². The second kappa shape index (κ2) is 4.91. The van der Waals surface area contributed by atoms with Gasteiger partial charge >= 0.3 is 12.0 Å². The second-order valence-electron chi connectivity index (χ2n) is 4.87. The van der Waals surface area contributed by atoms with Crippen LogP contribution >= 0.6 is 0 Å². The molecule has 6 heteroatoms. The molecule has 0 unspecified atom stereocenters. The van der Waals surface area contributed by atoms with Crippen LogP contribution < -0.4 is 0 Å². The molecule has 2 heterocycles. The molecule has 96 valence electrons. The monoisotopic (exact) mass is 241 g/mol. The predicted molar refractivity (Wildman–Crippen MR) is 61.8 cm³/mol. The number of nitrogens with zero attached hydrogens (tertiary/aromatic N) is 3. The molecule has 1 N–H and O–H groups in total. The van der Waals surface area contributed by atoms with Gasteiger partial charge in [-0.15, -0.1) is 0 Å². The zero-order valence-corrected chi connectivity index (χ0v) is 10.1. The third-order valence-corrected chi connectivity index (χ3v) is 3.49. The van der Waals surface area contributed by atoms with Crippen molar-refractivity contribution in [3.05, 3.63) is 0 Å². The predicted octanol–water partition coefficient (Wildman–Crippen LogP) is -0.240. The summed E-state index contributed by atoms with van der Waals surface area (Å²) >= 11 is 0. The number of likely N-dealkylation sites (N-methyl/N-ethyl adjacent to an activating group) is 1. The van der Waals surface area contributed by atoms with Crippen LogP contribution in [-0.2, 0) is 4.79 Å². The standard InChI is InChI=1S/C11H19N3O3/c1-12-3-2-4-13(6-5-12)11(17)14-7-9(8-14)10(15)16/h9H,2-8H2,1H3,(H,15,16). The minimum atomic E-state index is -0.801. The number of rotatable bonds is 1. The molecule has 0 saturated carbocycles. The van der Waals surface area contributed by atoms with Crippen LogP contribution in [0.15, 0.2) is 0 Å². The fraction of sp³-hybridized carbons (Fsp3) is 0.818. The van der Waals surface area contributed by atoms with Gasteiger partial charge in [-0.25, -0.2) is 4.79 Å². The van der Waals surface area contributed by atoms with Gasteiger partial charge in [-0.1, -0.05) is 0 Å². The number of likely N-dealkylation sites (tertiary alicyclic amines) is 1. The first-order valence-corrected chi connectivity index (χ1v) is 6.03. The maximum absolute atomic E-state index is 12.0. The van der Waals surface area contributed by atoms with Crippen LogP contribution in [0.25, 0.3) is 0 Å². The summed E-state index contributed by atoms with van der Waals surface area (Å²) in [6, 6.07) is -0.00204. The average molecular weight is 241 g/mol. The van der Waals surface area contributed by atoms with Crippen molar-refractivity contribution in [1.82, 2.24) is 14.7 Å². The molecule has 2 aliphatic rings. The van der Waals surface area contributed by atoms with Gasteiger partial charge in [-0.3, -0.25) is 4.79 Å². The fourth-order valence-corrected chi connectivity index (χ4v) is 2.23. The minimum Gasteiger partial charge on any atom is -0.481 e. The first-order chi connectivity index (χ1) is 8.08. The number of aliphatic carboxylic acids is 1. The summed E-state index contributed by atoms with van der Waals surface area (Å²) in [5, 5.41) is 8.76. The van der Waals surface area contributed by atoms with Crippen molar-refractivity contribution in [3.8, 4) is 0 Å². The number of hydrogen-bond donors (Lipinski definition) is 1. The van der Waals surface area contributed by atoms with Crippen LogP contribution in [0, 0.1) is 5.92 Å². The molecule has 0 spiro atoms. The molecule has 0 bridgehead atoms. The lowest BCUT2D eigenvalue weighted by atomic mass is 10.0. The molecule has 0 aromatic rings. The highest BCUT2D eigenvalue weighted by Crippen LogP contribution is 2.18.